The predicted molar refractivity (Wildman–Crippen MR) is 225 cm³/mol. The normalized spacial score (nSPS) is 11.7. The molecule has 0 unspecified atom stereocenters. The summed E-state index contributed by atoms with van der Waals surface area (Å²) in [5.74, 6) is 1.86. The summed E-state index contributed by atoms with van der Waals surface area (Å²) >= 11 is 1.87. The second-order valence-corrected chi connectivity index (χ2v) is 14.5. The highest BCUT2D eigenvalue weighted by atomic mass is 32.1. The molecule has 8 aromatic carbocycles. The average Bonchev–Trinajstić information content (AvgIpc) is 3.82. The van der Waals surface area contributed by atoms with Gasteiger partial charge in [0.1, 0.15) is 11.2 Å². The van der Waals surface area contributed by atoms with Gasteiger partial charge in [0.25, 0.3) is 0 Å². The second-order valence-electron chi connectivity index (χ2n) is 13.5. The molecule has 0 fully saturated rings. The van der Waals surface area contributed by atoms with Gasteiger partial charge in [-0.15, -0.1) is 11.3 Å². The van der Waals surface area contributed by atoms with Gasteiger partial charge in [0.15, 0.2) is 17.5 Å². The Labute approximate surface area is 314 Å². The Hall–Kier alpha value is -6.95. The Balaban J connectivity index is 1.20. The van der Waals surface area contributed by atoms with Gasteiger partial charge in [0.2, 0.25) is 0 Å². The lowest BCUT2D eigenvalue weighted by atomic mass is 9.88. The fourth-order valence-corrected chi connectivity index (χ4v) is 9.23. The quantitative estimate of drug-likeness (QED) is 0.179. The average molecular weight is 708 g/mol. The zero-order valence-electron chi connectivity index (χ0n) is 28.9. The summed E-state index contributed by atoms with van der Waals surface area (Å²) in [6.07, 6.45) is 0. The summed E-state index contributed by atoms with van der Waals surface area (Å²) < 4.78 is 9.14. The summed E-state index contributed by atoms with van der Waals surface area (Å²) in [7, 11) is 0. The lowest BCUT2D eigenvalue weighted by Gasteiger charge is -2.16. The minimum absolute atomic E-state index is 0.602. The topological polar surface area (TPSA) is 51.8 Å². The highest BCUT2D eigenvalue weighted by Gasteiger charge is 2.23. The predicted octanol–water partition coefficient (Wildman–Crippen LogP) is 13.6. The lowest BCUT2D eigenvalue weighted by Crippen LogP contribution is -2.00. The van der Waals surface area contributed by atoms with E-state index >= 15 is 0 Å². The van der Waals surface area contributed by atoms with E-state index in [1.807, 2.05) is 84.1 Å². The molecule has 0 radical (unpaired) electrons. The van der Waals surface area contributed by atoms with E-state index in [1.165, 1.54) is 47.6 Å². The van der Waals surface area contributed by atoms with Gasteiger partial charge in [-0.25, -0.2) is 15.0 Å². The van der Waals surface area contributed by atoms with Gasteiger partial charge in [-0.2, -0.15) is 0 Å². The van der Waals surface area contributed by atoms with Crippen LogP contribution >= 0.6 is 11.3 Å². The van der Waals surface area contributed by atoms with E-state index in [2.05, 4.69) is 103 Å². The molecular formula is C49H29N3OS. The van der Waals surface area contributed by atoms with Crippen molar-refractivity contribution in [1.82, 2.24) is 15.0 Å². The van der Waals surface area contributed by atoms with E-state index in [4.69, 9.17) is 19.4 Å². The van der Waals surface area contributed by atoms with Crippen LogP contribution in [0.4, 0.5) is 0 Å². The fraction of sp³-hybridized carbons (Fsp3) is 0. The summed E-state index contributed by atoms with van der Waals surface area (Å²) in [5, 5.41) is 7.00. The zero-order chi connectivity index (χ0) is 35.6. The van der Waals surface area contributed by atoms with Gasteiger partial charge in [0.05, 0.1) is 0 Å². The van der Waals surface area contributed by atoms with E-state index in [9.17, 15) is 0 Å². The van der Waals surface area contributed by atoms with Crippen LogP contribution in [0.15, 0.2) is 180 Å². The molecular weight excluding hydrogens is 679 g/mol. The van der Waals surface area contributed by atoms with Crippen LogP contribution in [-0.4, -0.2) is 15.0 Å². The Morgan fingerprint density at radius 3 is 1.63 bits per heavy atom. The molecule has 0 saturated heterocycles. The van der Waals surface area contributed by atoms with Crippen LogP contribution < -0.4 is 0 Å². The summed E-state index contributed by atoms with van der Waals surface area (Å²) in [6, 6.07) is 61.4. The molecule has 0 atom stereocenters. The minimum Gasteiger partial charge on any atom is -0.456 e. The van der Waals surface area contributed by atoms with Crippen LogP contribution in [0.5, 0.6) is 0 Å². The summed E-state index contributed by atoms with van der Waals surface area (Å²) in [6.45, 7) is 0. The number of furan rings is 1. The first kappa shape index (κ1) is 30.7. The van der Waals surface area contributed by atoms with Crippen molar-refractivity contribution in [2.45, 2.75) is 0 Å². The number of nitrogens with zero attached hydrogens (tertiary/aromatic N) is 3. The molecule has 0 aliphatic carbocycles. The number of benzene rings is 8. The van der Waals surface area contributed by atoms with Crippen LogP contribution in [0.25, 0.3) is 109 Å². The number of rotatable bonds is 5. The number of thiophene rings is 1. The molecule has 54 heavy (non-hydrogen) atoms. The minimum atomic E-state index is 0.602. The van der Waals surface area contributed by atoms with E-state index in [0.29, 0.717) is 17.5 Å². The Morgan fingerprint density at radius 1 is 0.370 bits per heavy atom. The van der Waals surface area contributed by atoms with Crippen molar-refractivity contribution < 1.29 is 4.42 Å². The van der Waals surface area contributed by atoms with Gasteiger partial charge in [-0.3, -0.25) is 0 Å². The fourth-order valence-electron chi connectivity index (χ4n) is 7.93. The third kappa shape index (κ3) is 4.86. The third-order valence-corrected chi connectivity index (χ3v) is 11.5. The van der Waals surface area contributed by atoms with Gasteiger partial charge in [-0.05, 0) is 51.7 Å². The highest BCUT2D eigenvalue weighted by Crippen LogP contribution is 2.50. The second kappa shape index (κ2) is 12.3. The van der Waals surface area contributed by atoms with E-state index < -0.39 is 0 Å². The summed E-state index contributed by atoms with van der Waals surface area (Å²) in [4.78, 5) is 15.1. The lowest BCUT2D eigenvalue weighted by molar-refractivity contribution is 0.669. The maximum absolute atomic E-state index is 6.57. The largest absolute Gasteiger partial charge is 0.456 e. The molecule has 0 bridgehead atoms. The van der Waals surface area contributed by atoms with Crippen molar-refractivity contribution in [3.63, 3.8) is 0 Å². The standard InChI is InChI=1S/C49H29N3OS/c1-4-15-30(16-5-1)43-35-22-11-10-21-34(35)42(45-36-23-12-13-26-41(36)54-46(43)45)33-27-28-39-38(29-33)44-37(24-14-25-40(44)53-39)49-51-47(31-17-6-2-7-18-31)50-48(52-49)32-19-8-3-9-20-32/h1-29H. The van der Waals surface area contributed by atoms with E-state index in [-0.39, 0.29) is 0 Å². The van der Waals surface area contributed by atoms with Crippen molar-refractivity contribution in [2.75, 3.05) is 0 Å². The van der Waals surface area contributed by atoms with Gasteiger partial charge < -0.3 is 4.42 Å². The summed E-state index contributed by atoms with van der Waals surface area (Å²) in [5.41, 5.74) is 9.23. The number of fused-ring (bicyclic) bond motifs is 7. The SMILES string of the molecule is c1ccc(-c2nc(-c3ccccc3)nc(-c3cccc4oc5ccc(-c6c7ccccc7c(-c7ccccc7)c7sc8ccccc8c67)cc5c34)n2)cc1. The van der Waals surface area contributed by atoms with Crippen molar-refractivity contribution in [3.8, 4) is 56.4 Å². The molecule has 0 aliphatic heterocycles. The molecule has 0 amide bonds. The molecule has 11 rings (SSSR count). The van der Waals surface area contributed by atoms with Crippen LogP contribution in [0.2, 0.25) is 0 Å². The van der Waals surface area contributed by atoms with Gasteiger partial charge in [-0.1, -0.05) is 152 Å². The van der Waals surface area contributed by atoms with Crippen molar-refractivity contribution in [1.29, 1.82) is 0 Å². The molecule has 3 aromatic heterocycles. The smallest absolute Gasteiger partial charge is 0.164 e. The van der Waals surface area contributed by atoms with Crippen molar-refractivity contribution in [3.05, 3.63) is 176 Å². The molecule has 4 nitrogen and oxygen atoms in total. The molecule has 0 spiro atoms. The van der Waals surface area contributed by atoms with E-state index in [0.717, 1.165) is 44.2 Å². The van der Waals surface area contributed by atoms with E-state index in [1.54, 1.807) is 0 Å². The first-order chi connectivity index (χ1) is 26.8. The Morgan fingerprint density at radius 2 is 0.944 bits per heavy atom. The van der Waals surface area contributed by atoms with Crippen LogP contribution in [0.3, 0.4) is 0 Å². The van der Waals surface area contributed by atoms with Crippen LogP contribution in [0.1, 0.15) is 0 Å². The van der Waals surface area contributed by atoms with Crippen molar-refractivity contribution >= 4 is 64.2 Å². The molecule has 11 aromatic rings. The van der Waals surface area contributed by atoms with Crippen LogP contribution in [0, 0.1) is 0 Å². The Bertz CT molecular complexity index is 3150. The molecule has 252 valence electrons. The van der Waals surface area contributed by atoms with Crippen molar-refractivity contribution in [2.24, 2.45) is 0 Å². The molecule has 0 saturated carbocycles. The van der Waals surface area contributed by atoms with Gasteiger partial charge >= 0.3 is 0 Å². The highest BCUT2D eigenvalue weighted by molar-refractivity contribution is 7.26. The maximum Gasteiger partial charge on any atom is 0.164 e. The number of hydrogen-bond donors (Lipinski definition) is 0. The molecule has 0 aliphatic rings. The molecule has 5 heteroatoms. The molecule has 3 heterocycles. The first-order valence-corrected chi connectivity index (χ1v) is 18.8. The first-order valence-electron chi connectivity index (χ1n) is 18.0. The zero-order valence-corrected chi connectivity index (χ0v) is 29.7. The number of hydrogen-bond acceptors (Lipinski definition) is 5. The maximum atomic E-state index is 6.57. The van der Waals surface area contributed by atoms with Crippen LogP contribution in [-0.2, 0) is 0 Å². The Kier molecular flexibility index (Phi) is 7.00. The number of aromatic nitrogens is 3. The van der Waals surface area contributed by atoms with Gasteiger partial charge in [0, 0.05) is 53.2 Å². The third-order valence-electron chi connectivity index (χ3n) is 10.3. The monoisotopic (exact) mass is 707 g/mol. The molecule has 0 N–H and O–H groups in total.